The van der Waals surface area contributed by atoms with Gasteiger partial charge in [-0.05, 0) is 31.0 Å². The molecule has 4 heteroatoms. The first-order valence-corrected chi connectivity index (χ1v) is 5.69. The van der Waals surface area contributed by atoms with Crippen molar-refractivity contribution in [3.05, 3.63) is 29.6 Å². The van der Waals surface area contributed by atoms with Crippen LogP contribution in [0.15, 0.2) is 18.2 Å². The van der Waals surface area contributed by atoms with E-state index in [1.165, 1.54) is 12.1 Å². The Kier molecular flexibility index (Phi) is 4.47. The van der Waals surface area contributed by atoms with Crippen molar-refractivity contribution < 1.29 is 9.50 Å². The fraction of sp³-hybridized carbons (Fsp3) is 0.462. The Labute approximate surface area is 101 Å². The quantitative estimate of drug-likeness (QED) is 0.826. The average Bonchev–Trinajstić information content (AvgIpc) is 2.38. The molecule has 0 fully saturated rings. The van der Waals surface area contributed by atoms with Crippen molar-refractivity contribution >= 4 is 5.69 Å². The third kappa shape index (κ3) is 2.95. The largest absolute Gasteiger partial charge is 0.394 e. The second kappa shape index (κ2) is 5.65. The van der Waals surface area contributed by atoms with E-state index in [2.05, 4.69) is 5.32 Å². The van der Waals surface area contributed by atoms with E-state index in [4.69, 9.17) is 5.26 Å². The van der Waals surface area contributed by atoms with E-state index in [9.17, 15) is 9.50 Å². The number of nitriles is 1. The van der Waals surface area contributed by atoms with Crippen LogP contribution in [-0.2, 0) is 0 Å². The monoisotopic (exact) mass is 236 g/mol. The van der Waals surface area contributed by atoms with Crippen molar-refractivity contribution in [2.75, 3.05) is 11.9 Å². The minimum absolute atomic E-state index is 0.0561. The lowest BCUT2D eigenvalue weighted by Gasteiger charge is -2.32. The molecule has 0 heterocycles. The fourth-order valence-corrected chi connectivity index (χ4v) is 1.66. The van der Waals surface area contributed by atoms with Crippen molar-refractivity contribution in [1.29, 1.82) is 5.26 Å². The average molecular weight is 236 g/mol. The zero-order valence-electron chi connectivity index (χ0n) is 10.1. The van der Waals surface area contributed by atoms with Crippen LogP contribution in [0.2, 0.25) is 0 Å². The molecule has 1 aromatic rings. The highest BCUT2D eigenvalue weighted by Crippen LogP contribution is 2.24. The summed E-state index contributed by atoms with van der Waals surface area (Å²) in [6.45, 7) is 3.82. The molecule has 0 spiro atoms. The van der Waals surface area contributed by atoms with Crippen molar-refractivity contribution in [2.45, 2.75) is 32.2 Å². The molecule has 0 radical (unpaired) electrons. The molecule has 0 amide bonds. The lowest BCUT2D eigenvalue weighted by molar-refractivity contribution is 0.202. The highest BCUT2D eigenvalue weighted by Gasteiger charge is 2.25. The van der Waals surface area contributed by atoms with Gasteiger partial charge in [0.2, 0.25) is 0 Å². The lowest BCUT2D eigenvalue weighted by Crippen LogP contribution is -2.41. The SMILES string of the molecule is CCC(CC)(CO)Nc1ccc(C#N)cc1F. The first-order chi connectivity index (χ1) is 8.10. The van der Waals surface area contributed by atoms with Gasteiger partial charge < -0.3 is 10.4 Å². The van der Waals surface area contributed by atoms with Gasteiger partial charge in [-0.2, -0.15) is 5.26 Å². The highest BCUT2D eigenvalue weighted by atomic mass is 19.1. The van der Waals surface area contributed by atoms with Crippen LogP contribution in [0.1, 0.15) is 32.3 Å². The lowest BCUT2D eigenvalue weighted by atomic mass is 9.93. The minimum Gasteiger partial charge on any atom is -0.394 e. The van der Waals surface area contributed by atoms with Crippen LogP contribution in [-0.4, -0.2) is 17.3 Å². The second-order valence-corrected chi connectivity index (χ2v) is 4.08. The van der Waals surface area contributed by atoms with Gasteiger partial charge in [0.15, 0.2) is 0 Å². The Bertz CT molecular complexity index is 414. The normalized spacial score (nSPS) is 11.0. The topological polar surface area (TPSA) is 56.0 Å². The summed E-state index contributed by atoms with van der Waals surface area (Å²) in [6, 6.07) is 6.16. The number of nitrogens with zero attached hydrogens (tertiary/aromatic N) is 1. The van der Waals surface area contributed by atoms with Gasteiger partial charge in [-0.1, -0.05) is 13.8 Å². The van der Waals surface area contributed by atoms with Crippen molar-refractivity contribution in [3.8, 4) is 6.07 Å². The van der Waals surface area contributed by atoms with Gasteiger partial charge in [-0.25, -0.2) is 4.39 Å². The van der Waals surface area contributed by atoms with E-state index in [1.54, 1.807) is 6.07 Å². The number of hydrogen-bond acceptors (Lipinski definition) is 3. The number of hydrogen-bond donors (Lipinski definition) is 2. The van der Waals surface area contributed by atoms with Gasteiger partial charge >= 0.3 is 0 Å². The van der Waals surface area contributed by atoms with E-state index in [0.29, 0.717) is 18.5 Å². The Hall–Kier alpha value is -1.60. The van der Waals surface area contributed by atoms with E-state index < -0.39 is 11.4 Å². The molecule has 0 unspecified atom stereocenters. The van der Waals surface area contributed by atoms with E-state index >= 15 is 0 Å². The summed E-state index contributed by atoms with van der Waals surface area (Å²) in [4.78, 5) is 0. The number of rotatable bonds is 5. The summed E-state index contributed by atoms with van der Waals surface area (Å²) < 4.78 is 13.7. The minimum atomic E-state index is -0.505. The van der Waals surface area contributed by atoms with Gasteiger partial charge in [0, 0.05) is 0 Å². The van der Waals surface area contributed by atoms with Gasteiger partial charge in [0.25, 0.3) is 0 Å². The molecule has 0 aliphatic carbocycles. The van der Waals surface area contributed by atoms with Crippen LogP contribution in [0.3, 0.4) is 0 Å². The zero-order valence-corrected chi connectivity index (χ0v) is 10.1. The smallest absolute Gasteiger partial charge is 0.147 e. The first-order valence-electron chi connectivity index (χ1n) is 5.69. The molecule has 0 aliphatic heterocycles. The molecular weight excluding hydrogens is 219 g/mol. The Morgan fingerprint density at radius 2 is 2.06 bits per heavy atom. The van der Waals surface area contributed by atoms with Crippen molar-refractivity contribution in [1.82, 2.24) is 0 Å². The Morgan fingerprint density at radius 3 is 2.47 bits per heavy atom. The predicted octanol–water partition coefficient (Wildman–Crippen LogP) is 2.66. The van der Waals surface area contributed by atoms with Crippen LogP contribution in [0.5, 0.6) is 0 Å². The van der Waals surface area contributed by atoms with Crippen molar-refractivity contribution in [2.24, 2.45) is 0 Å². The molecule has 0 aliphatic rings. The predicted molar refractivity (Wildman–Crippen MR) is 65.1 cm³/mol. The van der Waals surface area contributed by atoms with Gasteiger partial charge in [-0.3, -0.25) is 0 Å². The maximum Gasteiger partial charge on any atom is 0.147 e. The van der Waals surface area contributed by atoms with Crippen LogP contribution >= 0.6 is 0 Å². The molecule has 0 saturated heterocycles. The molecule has 0 atom stereocenters. The van der Waals surface area contributed by atoms with E-state index in [0.717, 1.165) is 0 Å². The molecule has 0 aromatic heterocycles. The van der Waals surface area contributed by atoms with Crippen LogP contribution < -0.4 is 5.32 Å². The first kappa shape index (κ1) is 13.5. The number of anilines is 1. The fourth-order valence-electron chi connectivity index (χ4n) is 1.66. The number of nitrogens with one attached hydrogen (secondary N) is 1. The molecule has 2 N–H and O–H groups in total. The maximum absolute atomic E-state index is 13.7. The number of halogens is 1. The van der Waals surface area contributed by atoms with Gasteiger partial charge in [0.05, 0.1) is 29.5 Å². The summed E-state index contributed by atoms with van der Waals surface area (Å²) >= 11 is 0. The standard InChI is InChI=1S/C13H17FN2O/c1-3-13(4-2,9-17)16-12-6-5-10(8-15)7-11(12)14/h5-7,16-17H,3-4,9H2,1-2H3. The van der Waals surface area contributed by atoms with Crippen LogP contribution in [0.4, 0.5) is 10.1 Å². The summed E-state index contributed by atoms with van der Waals surface area (Å²) in [5.41, 5.74) is 0.104. The molecule has 1 aromatic carbocycles. The molecule has 0 saturated carbocycles. The van der Waals surface area contributed by atoms with E-state index in [1.807, 2.05) is 19.9 Å². The van der Waals surface area contributed by atoms with Gasteiger partial charge in [0.1, 0.15) is 5.82 Å². The van der Waals surface area contributed by atoms with Crippen LogP contribution in [0, 0.1) is 17.1 Å². The second-order valence-electron chi connectivity index (χ2n) is 4.08. The van der Waals surface area contributed by atoms with Crippen molar-refractivity contribution in [3.63, 3.8) is 0 Å². The summed E-state index contributed by atoms with van der Waals surface area (Å²) in [6.07, 6.45) is 1.39. The highest BCUT2D eigenvalue weighted by molar-refractivity contribution is 5.50. The Morgan fingerprint density at radius 1 is 1.41 bits per heavy atom. The number of benzene rings is 1. The molecule has 0 bridgehead atoms. The van der Waals surface area contributed by atoms with E-state index in [-0.39, 0.29) is 12.2 Å². The molecule has 1 rings (SSSR count). The Balaban J connectivity index is 2.99. The molecule has 17 heavy (non-hydrogen) atoms. The molecule has 92 valence electrons. The number of aliphatic hydroxyl groups excluding tert-OH is 1. The number of aliphatic hydroxyl groups is 1. The van der Waals surface area contributed by atoms with Gasteiger partial charge in [-0.15, -0.1) is 0 Å². The summed E-state index contributed by atoms with van der Waals surface area (Å²) in [7, 11) is 0. The third-order valence-corrected chi connectivity index (χ3v) is 3.15. The third-order valence-electron chi connectivity index (χ3n) is 3.15. The van der Waals surface area contributed by atoms with Crippen LogP contribution in [0.25, 0.3) is 0 Å². The molecular formula is C13H17FN2O. The summed E-state index contributed by atoms with van der Waals surface area (Å²) in [5, 5.41) is 21.1. The summed E-state index contributed by atoms with van der Waals surface area (Å²) in [5.74, 6) is -0.469. The zero-order chi connectivity index (χ0) is 12.9. The maximum atomic E-state index is 13.7. The molecule has 3 nitrogen and oxygen atoms in total.